The molecule has 5 heteroatoms. The van der Waals surface area contributed by atoms with Gasteiger partial charge in [0.1, 0.15) is 0 Å². The van der Waals surface area contributed by atoms with Gasteiger partial charge in [-0.15, -0.1) is 0 Å². The number of hydrogen-bond donors (Lipinski definition) is 2. The van der Waals surface area contributed by atoms with Crippen LogP contribution in [0.4, 0.5) is 0 Å². The van der Waals surface area contributed by atoms with Crippen molar-refractivity contribution in [2.75, 3.05) is 13.7 Å². The van der Waals surface area contributed by atoms with Crippen LogP contribution in [0, 0.1) is 5.92 Å². The first kappa shape index (κ1) is 13.4. The SMILES string of the molecule is COCCCC(=O)NC1CCCC1C(N)=S. The fraction of sp³-hybridized carbons (Fsp3) is 0.818. The second kappa shape index (κ2) is 6.81. The van der Waals surface area contributed by atoms with Crippen molar-refractivity contribution in [2.45, 2.75) is 38.1 Å². The minimum Gasteiger partial charge on any atom is -0.393 e. The first-order valence-electron chi connectivity index (χ1n) is 5.72. The van der Waals surface area contributed by atoms with Crippen molar-refractivity contribution >= 4 is 23.1 Å². The number of nitrogens with one attached hydrogen (secondary N) is 1. The van der Waals surface area contributed by atoms with Crippen LogP contribution in [0.15, 0.2) is 0 Å². The summed E-state index contributed by atoms with van der Waals surface area (Å²) in [5.41, 5.74) is 5.65. The number of ether oxygens (including phenoxy) is 1. The van der Waals surface area contributed by atoms with E-state index in [9.17, 15) is 4.79 Å². The first-order chi connectivity index (χ1) is 7.65. The minimum atomic E-state index is 0.0743. The standard InChI is InChI=1S/C11H20N2O2S/c1-15-7-3-6-10(14)13-9-5-2-4-8(9)11(12)16/h8-9H,2-7H2,1H3,(H2,12,16)(H,13,14). The lowest BCUT2D eigenvalue weighted by Crippen LogP contribution is -2.41. The quantitative estimate of drug-likeness (QED) is 0.540. The number of methoxy groups -OCH3 is 1. The van der Waals surface area contributed by atoms with Gasteiger partial charge in [0, 0.05) is 32.1 Å². The number of thiocarbonyl (C=S) groups is 1. The van der Waals surface area contributed by atoms with E-state index >= 15 is 0 Å². The second-order valence-corrected chi connectivity index (χ2v) is 4.68. The Labute approximate surface area is 102 Å². The van der Waals surface area contributed by atoms with Gasteiger partial charge in [0.15, 0.2) is 0 Å². The van der Waals surface area contributed by atoms with Crippen molar-refractivity contribution in [3.63, 3.8) is 0 Å². The number of rotatable bonds is 6. The lowest BCUT2D eigenvalue weighted by Gasteiger charge is -2.19. The highest BCUT2D eigenvalue weighted by Gasteiger charge is 2.30. The normalized spacial score (nSPS) is 24.3. The topological polar surface area (TPSA) is 64.3 Å². The van der Waals surface area contributed by atoms with Crippen LogP contribution in [0.2, 0.25) is 0 Å². The molecule has 0 aromatic rings. The third-order valence-electron chi connectivity index (χ3n) is 2.98. The van der Waals surface area contributed by atoms with E-state index in [1.54, 1.807) is 7.11 Å². The smallest absolute Gasteiger partial charge is 0.220 e. The summed E-state index contributed by atoms with van der Waals surface area (Å²) in [5, 5.41) is 3.01. The fourth-order valence-corrected chi connectivity index (χ4v) is 2.41. The van der Waals surface area contributed by atoms with Gasteiger partial charge in [0.05, 0.1) is 4.99 Å². The van der Waals surface area contributed by atoms with Crippen LogP contribution in [0.25, 0.3) is 0 Å². The molecule has 0 aromatic heterocycles. The summed E-state index contributed by atoms with van der Waals surface area (Å²) in [6.07, 6.45) is 4.34. The molecule has 0 spiro atoms. The molecular formula is C11H20N2O2S. The minimum absolute atomic E-state index is 0.0743. The van der Waals surface area contributed by atoms with Gasteiger partial charge in [-0.2, -0.15) is 0 Å². The van der Waals surface area contributed by atoms with Crippen LogP contribution >= 0.6 is 12.2 Å². The lowest BCUT2D eigenvalue weighted by molar-refractivity contribution is -0.122. The Hall–Kier alpha value is -0.680. The number of nitrogens with two attached hydrogens (primary N) is 1. The Balaban J connectivity index is 2.30. The zero-order valence-corrected chi connectivity index (χ0v) is 10.5. The van der Waals surface area contributed by atoms with Gasteiger partial charge in [-0.25, -0.2) is 0 Å². The van der Waals surface area contributed by atoms with Gasteiger partial charge in [0.25, 0.3) is 0 Å². The summed E-state index contributed by atoms with van der Waals surface area (Å²) < 4.78 is 4.90. The molecule has 1 saturated carbocycles. The molecule has 0 radical (unpaired) electrons. The number of carbonyl (C=O) groups excluding carboxylic acids is 1. The molecule has 1 aliphatic rings. The molecule has 16 heavy (non-hydrogen) atoms. The molecule has 1 aliphatic carbocycles. The Morgan fingerprint density at radius 3 is 2.94 bits per heavy atom. The Morgan fingerprint density at radius 1 is 1.56 bits per heavy atom. The van der Waals surface area contributed by atoms with Crippen molar-refractivity contribution < 1.29 is 9.53 Å². The molecule has 3 N–H and O–H groups in total. The molecule has 0 aromatic carbocycles. The maximum Gasteiger partial charge on any atom is 0.220 e. The van der Waals surface area contributed by atoms with Crippen molar-refractivity contribution in [1.82, 2.24) is 5.32 Å². The van der Waals surface area contributed by atoms with E-state index in [0.717, 1.165) is 25.7 Å². The molecule has 0 bridgehead atoms. The van der Waals surface area contributed by atoms with E-state index in [2.05, 4.69) is 5.32 Å². The summed E-state index contributed by atoms with van der Waals surface area (Å²) in [6, 6.07) is 0.146. The average molecular weight is 244 g/mol. The highest BCUT2D eigenvalue weighted by molar-refractivity contribution is 7.80. The highest BCUT2D eigenvalue weighted by atomic mass is 32.1. The fourth-order valence-electron chi connectivity index (χ4n) is 2.13. The zero-order valence-electron chi connectivity index (χ0n) is 9.70. The lowest BCUT2D eigenvalue weighted by atomic mass is 10.0. The summed E-state index contributed by atoms with van der Waals surface area (Å²) >= 11 is 5.00. The van der Waals surface area contributed by atoms with E-state index in [-0.39, 0.29) is 17.9 Å². The van der Waals surface area contributed by atoms with Gasteiger partial charge in [-0.3, -0.25) is 4.79 Å². The molecule has 1 amide bonds. The van der Waals surface area contributed by atoms with Crippen LogP contribution in [0.5, 0.6) is 0 Å². The summed E-state index contributed by atoms with van der Waals surface area (Å²) in [6.45, 7) is 0.622. The molecule has 0 aliphatic heterocycles. The van der Waals surface area contributed by atoms with Gasteiger partial charge in [-0.1, -0.05) is 18.6 Å². The maximum absolute atomic E-state index is 11.6. The number of amides is 1. The first-order valence-corrected chi connectivity index (χ1v) is 6.13. The number of hydrogen-bond acceptors (Lipinski definition) is 3. The zero-order chi connectivity index (χ0) is 12.0. The summed E-state index contributed by atoms with van der Waals surface area (Å²) in [7, 11) is 1.64. The van der Waals surface area contributed by atoms with Gasteiger partial charge in [0.2, 0.25) is 5.91 Å². The summed E-state index contributed by atoms with van der Waals surface area (Å²) in [5.74, 6) is 0.256. The highest BCUT2D eigenvalue weighted by Crippen LogP contribution is 2.25. The molecule has 0 heterocycles. The second-order valence-electron chi connectivity index (χ2n) is 4.21. The van der Waals surface area contributed by atoms with Crippen LogP contribution in [0.3, 0.4) is 0 Å². The average Bonchev–Trinajstić information content (AvgIpc) is 2.66. The predicted octanol–water partition coefficient (Wildman–Crippen LogP) is 0.984. The van der Waals surface area contributed by atoms with Gasteiger partial charge < -0.3 is 15.8 Å². The van der Waals surface area contributed by atoms with Crippen LogP contribution in [0.1, 0.15) is 32.1 Å². The Kier molecular flexibility index (Phi) is 5.69. The molecule has 1 fully saturated rings. The van der Waals surface area contributed by atoms with E-state index in [4.69, 9.17) is 22.7 Å². The van der Waals surface area contributed by atoms with Crippen LogP contribution in [-0.2, 0) is 9.53 Å². The molecule has 0 saturated heterocycles. The molecule has 2 atom stereocenters. The number of carbonyl (C=O) groups is 1. The van der Waals surface area contributed by atoms with Crippen LogP contribution in [-0.4, -0.2) is 30.7 Å². The molecule has 1 rings (SSSR count). The van der Waals surface area contributed by atoms with Crippen molar-refractivity contribution in [3.8, 4) is 0 Å². The summed E-state index contributed by atoms with van der Waals surface area (Å²) in [4.78, 5) is 12.1. The monoisotopic (exact) mass is 244 g/mol. The van der Waals surface area contributed by atoms with Crippen molar-refractivity contribution in [3.05, 3.63) is 0 Å². The van der Waals surface area contributed by atoms with E-state index < -0.39 is 0 Å². The van der Waals surface area contributed by atoms with E-state index in [0.29, 0.717) is 18.0 Å². The maximum atomic E-state index is 11.6. The largest absolute Gasteiger partial charge is 0.393 e. The van der Waals surface area contributed by atoms with Gasteiger partial charge >= 0.3 is 0 Å². The molecule has 92 valence electrons. The van der Waals surface area contributed by atoms with E-state index in [1.807, 2.05) is 0 Å². The molecule has 2 unspecified atom stereocenters. The third kappa shape index (κ3) is 4.06. The van der Waals surface area contributed by atoms with Crippen molar-refractivity contribution in [1.29, 1.82) is 0 Å². The van der Waals surface area contributed by atoms with Crippen LogP contribution < -0.4 is 11.1 Å². The molecule has 4 nitrogen and oxygen atoms in total. The Bertz CT molecular complexity index is 258. The van der Waals surface area contributed by atoms with Gasteiger partial charge in [-0.05, 0) is 19.3 Å². The molecular weight excluding hydrogens is 224 g/mol. The predicted molar refractivity (Wildman–Crippen MR) is 67.2 cm³/mol. The van der Waals surface area contributed by atoms with Crippen molar-refractivity contribution in [2.24, 2.45) is 11.7 Å². The third-order valence-corrected chi connectivity index (χ3v) is 3.28. The Morgan fingerprint density at radius 2 is 2.31 bits per heavy atom. The van der Waals surface area contributed by atoms with E-state index in [1.165, 1.54) is 0 Å².